The highest BCUT2D eigenvalue weighted by atomic mass is 16.5. The maximum Gasteiger partial charge on any atom is 0.259 e. The van der Waals surface area contributed by atoms with Gasteiger partial charge < -0.3 is 24.1 Å². The monoisotopic (exact) mass is 346 g/mol. The van der Waals surface area contributed by atoms with Crippen LogP contribution in [0.2, 0.25) is 0 Å². The van der Waals surface area contributed by atoms with Crippen molar-refractivity contribution in [3.05, 3.63) is 34.7 Å². The Morgan fingerprint density at radius 2 is 2.12 bits per heavy atom. The van der Waals surface area contributed by atoms with Gasteiger partial charge in [-0.2, -0.15) is 0 Å². The van der Waals surface area contributed by atoms with Crippen LogP contribution in [0.4, 0.5) is 0 Å². The zero-order valence-corrected chi connectivity index (χ0v) is 14.4. The Kier molecular flexibility index (Phi) is 5.23. The molecule has 1 atom stereocenters. The molecule has 2 heterocycles. The van der Waals surface area contributed by atoms with Crippen LogP contribution in [-0.4, -0.2) is 43.9 Å². The van der Waals surface area contributed by atoms with E-state index in [0.717, 1.165) is 19.4 Å². The minimum atomic E-state index is -0.245. The number of benzene rings is 1. The second-order valence-electron chi connectivity index (χ2n) is 5.95. The topological polar surface area (TPSA) is 78.8 Å². The normalized spacial score (nSPS) is 16.8. The first kappa shape index (κ1) is 17.3. The number of aromatic nitrogens is 1. The molecular weight excluding hydrogens is 324 g/mol. The van der Waals surface area contributed by atoms with Crippen molar-refractivity contribution in [3.8, 4) is 11.5 Å². The van der Waals surface area contributed by atoms with Crippen molar-refractivity contribution in [1.82, 2.24) is 9.88 Å². The van der Waals surface area contributed by atoms with Crippen LogP contribution in [0.25, 0.3) is 10.8 Å². The van der Waals surface area contributed by atoms with Crippen LogP contribution in [0.15, 0.2) is 29.2 Å². The molecule has 134 valence electrons. The molecule has 25 heavy (non-hydrogen) atoms. The molecule has 2 aromatic rings. The fourth-order valence-electron chi connectivity index (χ4n) is 3.06. The summed E-state index contributed by atoms with van der Waals surface area (Å²) in [6.07, 6.45) is 3.65. The SMILES string of the molecule is COc1ccc2c(=O)n(CC(=O)NCC3CCCO3)ccc2c1OC. The summed E-state index contributed by atoms with van der Waals surface area (Å²) in [7, 11) is 3.07. The van der Waals surface area contributed by atoms with E-state index >= 15 is 0 Å². The standard InChI is InChI=1S/C18H22N2O5/c1-23-15-6-5-14-13(17(15)24-2)7-8-20(18(14)22)11-16(21)19-10-12-4-3-9-25-12/h5-8,12H,3-4,9-11H2,1-2H3,(H,19,21). The number of hydrogen-bond donors (Lipinski definition) is 1. The Morgan fingerprint density at radius 1 is 1.28 bits per heavy atom. The van der Waals surface area contributed by atoms with Crippen molar-refractivity contribution < 1.29 is 19.0 Å². The van der Waals surface area contributed by atoms with Gasteiger partial charge in [-0.15, -0.1) is 0 Å². The van der Waals surface area contributed by atoms with Crippen LogP contribution in [0.3, 0.4) is 0 Å². The highest BCUT2D eigenvalue weighted by Crippen LogP contribution is 2.33. The molecule has 0 spiro atoms. The van der Waals surface area contributed by atoms with Crippen LogP contribution in [0.5, 0.6) is 11.5 Å². The van der Waals surface area contributed by atoms with Crippen molar-refractivity contribution in [2.24, 2.45) is 0 Å². The first-order chi connectivity index (χ1) is 12.1. The molecule has 0 saturated carbocycles. The minimum Gasteiger partial charge on any atom is -0.493 e. The average molecular weight is 346 g/mol. The van der Waals surface area contributed by atoms with E-state index in [2.05, 4.69) is 5.32 Å². The number of amides is 1. The average Bonchev–Trinajstić information content (AvgIpc) is 3.15. The lowest BCUT2D eigenvalue weighted by molar-refractivity contribution is -0.122. The molecule has 7 nitrogen and oxygen atoms in total. The number of hydrogen-bond acceptors (Lipinski definition) is 5. The van der Waals surface area contributed by atoms with Crippen molar-refractivity contribution in [1.29, 1.82) is 0 Å². The summed E-state index contributed by atoms with van der Waals surface area (Å²) in [5.41, 5.74) is -0.245. The van der Waals surface area contributed by atoms with E-state index in [9.17, 15) is 9.59 Å². The van der Waals surface area contributed by atoms with E-state index < -0.39 is 0 Å². The number of carbonyl (C=O) groups is 1. The predicted molar refractivity (Wildman–Crippen MR) is 93.3 cm³/mol. The van der Waals surface area contributed by atoms with E-state index in [1.54, 1.807) is 31.5 Å². The Balaban J connectivity index is 1.79. The summed E-state index contributed by atoms with van der Waals surface area (Å²) >= 11 is 0. The zero-order chi connectivity index (χ0) is 17.8. The number of pyridine rings is 1. The predicted octanol–water partition coefficient (Wildman–Crippen LogP) is 1.31. The number of fused-ring (bicyclic) bond motifs is 1. The molecular formula is C18H22N2O5. The molecule has 0 bridgehead atoms. The molecule has 1 saturated heterocycles. The Morgan fingerprint density at radius 3 is 2.80 bits per heavy atom. The van der Waals surface area contributed by atoms with Crippen LogP contribution in [0, 0.1) is 0 Å². The largest absolute Gasteiger partial charge is 0.493 e. The Bertz CT molecular complexity index is 824. The maximum atomic E-state index is 12.7. The highest BCUT2D eigenvalue weighted by Gasteiger charge is 2.17. The van der Waals surface area contributed by atoms with Crippen molar-refractivity contribution in [2.45, 2.75) is 25.5 Å². The zero-order valence-electron chi connectivity index (χ0n) is 14.4. The number of carbonyl (C=O) groups excluding carboxylic acids is 1. The van der Waals surface area contributed by atoms with E-state index in [0.29, 0.717) is 28.8 Å². The van der Waals surface area contributed by atoms with E-state index in [4.69, 9.17) is 14.2 Å². The second kappa shape index (κ2) is 7.57. The van der Waals surface area contributed by atoms with Gasteiger partial charge in [0.15, 0.2) is 11.5 Å². The summed E-state index contributed by atoms with van der Waals surface area (Å²) in [6, 6.07) is 5.12. The summed E-state index contributed by atoms with van der Waals surface area (Å²) < 4.78 is 17.5. The Hall–Kier alpha value is -2.54. The smallest absolute Gasteiger partial charge is 0.259 e. The quantitative estimate of drug-likeness (QED) is 0.853. The van der Waals surface area contributed by atoms with Crippen molar-refractivity contribution >= 4 is 16.7 Å². The third-order valence-corrected chi connectivity index (χ3v) is 4.36. The first-order valence-electron chi connectivity index (χ1n) is 8.26. The second-order valence-corrected chi connectivity index (χ2v) is 5.95. The van der Waals surface area contributed by atoms with Crippen LogP contribution in [0.1, 0.15) is 12.8 Å². The molecule has 1 aromatic heterocycles. The molecule has 7 heteroatoms. The van der Waals surface area contributed by atoms with Gasteiger partial charge in [-0.3, -0.25) is 9.59 Å². The van der Waals surface area contributed by atoms with Gasteiger partial charge in [0.1, 0.15) is 6.54 Å². The molecule has 1 fully saturated rings. The number of nitrogens with one attached hydrogen (secondary N) is 1. The fraction of sp³-hybridized carbons (Fsp3) is 0.444. The van der Waals surface area contributed by atoms with E-state index in [-0.39, 0.29) is 24.1 Å². The third-order valence-electron chi connectivity index (χ3n) is 4.36. The summed E-state index contributed by atoms with van der Waals surface area (Å²) in [6.45, 7) is 1.19. The minimum absolute atomic E-state index is 0.0319. The van der Waals surface area contributed by atoms with Gasteiger partial charge in [0, 0.05) is 24.7 Å². The molecule has 1 aromatic carbocycles. The van der Waals surface area contributed by atoms with Gasteiger partial charge in [-0.1, -0.05) is 0 Å². The number of ether oxygens (including phenoxy) is 3. The molecule has 1 aliphatic heterocycles. The molecule has 0 aliphatic carbocycles. The van der Waals surface area contributed by atoms with Crippen molar-refractivity contribution in [2.75, 3.05) is 27.4 Å². The number of nitrogens with zero attached hydrogens (tertiary/aromatic N) is 1. The summed E-state index contributed by atoms with van der Waals surface area (Å²) in [4.78, 5) is 24.8. The van der Waals surface area contributed by atoms with Gasteiger partial charge in [0.05, 0.1) is 25.7 Å². The van der Waals surface area contributed by atoms with Crippen LogP contribution < -0.4 is 20.3 Å². The Labute approximate surface area is 145 Å². The first-order valence-corrected chi connectivity index (χ1v) is 8.26. The molecule has 0 radical (unpaired) electrons. The van der Waals surface area contributed by atoms with E-state index in [1.165, 1.54) is 11.7 Å². The van der Waals surface area contributed by atoms with Gasteiger partial charge in [-0.05, 0) is 31.0 Å². The van der Waals surface area contributed by atoms with Crippen molar-refractivity contribution in [3.63, 3.8) is 0 Å². The highest BCUT2D eigenvalue weighted by molar-refractivity contribution is 5.90. The fourth-order valence-corrected chi connectivity index (χ4v) is 3.06. The van der Waals surface area contributed by atoms with E-state index in [1.807, 2.05) is 0 Å². The summed E-state index contributed by atoms with van der Waals surface area (Å²) in [5.74, 6) is 0.853. The summed E-state index contributed by atoms with van der Waals surface area (Å²) in [5, 5.41) is 3.96. The van der Waals surface area contributed by atoms with Gasteiger partial charge >= 0.3 is 0 Å². The lowest BCUT2D eigenvalue weighted by Crippen LogP contribution is -2.36. The van der Waals surface area contributed by atoms with Crippen LogP contribution in [-0.2, 0) is 16.1 Å². The third kappa shape index (κ3) is 3.61. The molecule has 3 rings (SSSR count). The molecule has 1 unspecified atom stereocenters. The molecule has 1 amide bonds. The lowest BCUT2D eigenvalue weighted by Gasteiger charge is -2.13. The maximum absolute atomic E-state index is 12.7. The van der Waals surface area contributed by atoms with Crippen LogP contribution >= 0.6 is 0 Å². The number of rotatable bonds is 6. The van der Waals surface area contributed by atoms with Gasteiger partial charge in [-0.25, -0.2) is 0 Å². The lowest BCUT2D eigenvalue weighted by atomic mass is 10.1. The van der Waals surface area contributed by atoms with Gasteiger partial charge in [0.2, 0.25) is 5.91 Å². The number of methoxy groups -OCH3 is 2. The molecule has 1 aliphatic rings. The van der Waals surface area contributed by atoms with Gasteiger partial charge in [0.25, 0.3) is 5.56 Å². The molecule has 1 N–H and O–H groups in total.